The predicted octanol–water partition coefficient (Wildman–Crippen LogP) is 6.28. The lowest BCUT2D eigenvalue weighted by Gasteiger charge is -2.31. The van der Waals surface area contributed by atoms with Gasteiger partial charge in [0.05, 0.1) is 5.57 Å². The number of hydrogen-bond donors (Lipinski definition) is 1. The summed E-state index contributed by atoms with van der Waals surface area (Å²) in [6, 6.07) is 11.9. The van der Waals surface area contributed by atoms with Crippen molar-refractivity contribution in [2.75, 3.05) is 0 Å². The summed E-state index contributed by atoms with van der Waals surface area (Å²) in [5.41, 5.74) is 5.16. The molecule has 0 saturated heterocycles. The first-order valence-corrected chi connectivity index (χ1v) is 8.93. The van der Waals surface area contributed by atoms with Gasteiger partial charge in [0.1, 0.15) is 5.76 Å². The normalized spacial score (nSPS) is 17.1. The molecule has 0 spiro atoms. The molecule has 3 heteroatoms. The number of halogens is 1. The zero-order chi connectivity index (χ0) is 18.4. The van der Waals surface area contributed by atoms with Gasteiger partial charge in [-0.1, -0.05) is 49.7 Å². The predicted molar refractivity (Wildman–Crippen MR) is 104 cm³/mol. The van der Waals surface area contributed by atoms with Gasteiger partial charge in [-0.25, -0.2) is 0 Å². The monoisotopic (exact) mass is 354 g/mol. The van der Waals surface area contributed by atoms with Gasteiger partial charge < -0.3 is 5.11 Å². The Labute approximate surface area is 154 Å². The van der Waals surface area contributed by atoms with Crippen LogP contribution in [0.5, 0.6) is 0 Å². The molecule has 0 unspecified atom stereocenters. The quantitative estimate of drug-likeness (QED) is 0.688. The molecule has 1 aliphatic rings. The third-order valence-corrected chi connectivity index (χ3v) is 5.35. The third kappa shape index (κ3) is 3.23. The van der Waals surface area contributed by atoms with E-state index in [1.54, 1.807) is 0 Å². The fraction of sp³-hybridized carbons (Fsp3) is 0.318. The van der Waals surface area contributed by atoms with Gasteiger partial charge in [0.2, 0.25) is 0 Å². The second-order valence-corrected chi connectivity index (χ2v) is 7.96. The molecule has 0 aromatic heterocycles. The maximum atomic E-state index is 12.6. The molecular formula is C22H23ClO2. The Morgan fingerprint density at radius 3 is 2.12 bits per heavy atom. The number of hydrogen-bond acceptors (Lipinski definition) is 2. The summed E-state index contributed by atoms with van der Waals surface area (Å²) in [4.78, 5) is 12.6. The molecular weight excluding hydrogens is 332 g/mol. The number of aliphatic hydroxyl groups is 1. The van der Waals surface area contributed by atoms with Crippen LogP contribution in [0, 0.1) is 19.3 Å². The van der Waals surface area contributed by atoms with Crippen molar-refractivity contribution < 1.29 is 9.90 Å². The van der Waals surface area contributed by atoms with Crippen LogP contribution in [0.4, 0.5) is 0 Å². The number of rotatable bonds is 2. The van der Waals surface area contributed by atoms with E-state index < -0.39 is 0 Å². The molecule has 0 saturated carbocycles. The molecule has 0 bridgehead atoms. The first kappa shape index (κ1) is 17.8. The van der Waals surface area contributed by atoms with E-state index in [2.05, 4.69) is 12.1 Å². The standard InChI is InChI=1S/C22H23ClO2/c1-13-11-16(15-5-7-17(23)8-6-15)12-14(2)19(13)20-18(24)9-10-22(3,4)21(20)25/h5-8,11-12,25H,9-10H2,1-4H3. The average molecular weight is 355 g/mol. The lowest BCUT2D eigenvalue weighted by Crippen LogP contribution is -2.26. The number of allylic oxidation sites excluding steroid dienone is 2. The van der Waals surface area contributed by atoms with Crippen molar-refractivity contribution in [2.45, 2.75) is 40.5 Å². The van der Waals surface area contributed by atoms with E-state index in [1.165, 1.54) is 0 Å². The lowest BCUT2D eigenvalue weighted by molar-refractivity contribution is -0.115. The molecule has 2 aromatic carbocycles. The second-order valence-electron chi connectivity index (χ2n) is 7.52. The number of Topliss-reactive ketones (excluding diaryl/α,β-unsaturated/α-hetero) is 1. The minimum Gasteiger partial charge on any atom is -0.511 e. The molecule has 0 amide bonds. The van der Waals surface area contributed by atoms with E-state index in [1.807, 2.05) is 52.0 Å². The van der Waals surface area contributed by atoms with Crippen molar-refractivity contribution in [1.82, 2.24) is 0 Å². The van der Waals surface area contributed by atoms with Crippen molar-refractivity contribution in [3.05, 3.63) is 63.9 Å². The molecule has 130 valence electrons. The smallest absolute Gasteiger partial charge is 0.166 e. The minimum atomic E-state index is -0.364. The Bertz CT molecular complexity index is 850. The molecule has 0 fully saturated rings. The highest BCUT2D eigenvalue weighted by molar-refractivity contribution is 6.30. The average Bonchev–Trinajstić information content (AvgIpc) is 2.54. The third-order valence-electron chi connectivity index (χ3n) is 5.09. The Morgan fingerprint density at radius 2 is 1.56 bits per heavy atom. The highest BCUT2D eigenvalue weighted by atomic mass is 35.5. The topological polar surface area (TPSA) is 37.3 Å². The fourth-order valence-electron chi connectivity index (χ4n) is 3.56. The number of aryl methyl sites for hydroxylation is 2. The van der Waals surface area contributed by atoms with Gasteiger partial charge in [-0.15, -0.1) is 0 Å². The Kier molecular flexibility index (Phi) is 4.51. The molecule has 1 N–H and O–H groups in total. The summed E-state index contributed by atoms with van der Waals surface area (Å²) >= 11 is 5.98. The maximum Gasteiger partial charge on any atom is 0.166 e. The van der Waals surface area contributed by atoms with E-state index in [-0.39, 0.29) is 17.0 Å². The van der Waals surface area contributed by atoms with Gasteiger partial charge in [-0.05, 0) is 60.2 Å². The van der Waals surface area contributed by atoms with E-state index in [0.29, 0.717) is 23.4 Å². The number of ketones is 1. The van der Waals surface area contributed by atoms with Gasteiger partial charge in [0.15, 0.2) is 5.78 Å². The number of aliphatic hydroxyl groups excluding tert-OH is 1. The summed E-state index contributed by atoms with van der Waals surface area (Å²) in [7, 11) is 0. The Balaban J connectivity index is 2.16. The lowest BCUT2D eigenvalue weighted by atomic mass is 9.74. The zero-order valence-electron chi connectivity index (χ0n) is 15.1. The van der Waals surface area contributed by atoms with E-state index in [9.17, 15) is 9.90 Å². The SMILES string of the molecule is Cc1cc(-c2ccc(Cl)cc2)cc(C)c1C1=C(O)C(C)(C)CCC1=O. The molecule has 2 aromatic rings. The van der Waals surface area contributed by atoms with Crippen molar-refractivity contribution in [2.24, 2.45) is 5.41 Å². The van der Waals surface area contributed by atoms with Gasteiger partial charge >= 0.3 is 0 Å². The number of benzene rings is 2. The molecule has 25 heavy (non-hydrogen) atoms. The van der Waals surface area contributed by atoms with Crippen LogP contribution in [-0.2, 0) is 4.79 Å². The summed E-state index contributed by atoms with van der Waals surface area (Å²) in [6.07, 6.45) is 1.16. The fourth-order valence-corrected chi connectivity index (χ4v) is 3.69. The van der Waals surface area contributed by atoms with Crippen LogP contribution < -0.4 is 0 Å². The van der Waals surface area contributed by atoms with Crippen molar-refractivity contribution in [3.8, 4) is 11.1 Å². The van der Waals surface area contributed by atoms with Crippen LogP contribution in [0.1, 0.15) is 43.4 Å². The molecule has 0 atom stereocenters. The van der Waals surface area contributed by atoms with E-state index >= 15 is 0 Å². The van der Waals surface area contributed by atoms with Crippen molar-refractivity contribution in [3.63, 3.8) is 0 Å². The molecule has 0 heterocycles. The van der Waals surface area contributed by atoms with Crippen LogP contribution >= 0.6 is 11.6 Å². The minimum absolute atomic E-state index is 0.0299. The van der Waals surface area contributed by atoms with Gasteiger partial charge in [-0.3, -0.25) is 4.79 Å². The van der Waals surface area contributed by atoms with Gasteiger partial charge in [0.25, 0.3) is 0 Å². The summed E-state index contributed by atoms with van der Waals surface area (Å²) < 4.78 is 0. The van der Waals surface area contributed by atoms with Crippen LogP contribution in [-0.4, -0.2) is 10.9 Å². The summed E-state index contributed by atoms with van der Waals surface area (Å²) in [5, 5.41) is 11.4. The van der Waals surface area contributed by atoms with Gasteiger partial charge in [0, 0.05) is 16.9 Å². The van der Waals surface area contributed by atoms with Crippen LogP contribution in [0.2, 0.25) is 5.02 Å². The van der Waals surface area contributed by atoms with E-state index in [0.717, 1.165) is 27.8 Å². The van der Waals surface area contributed by atoms with E-state index in [4.69, 9.17) is 11.6 Å². The second kappa shape index (κ2) is 6.34. The van der Waals surface area contributed by atoms with Crippen LogP contribution in [0.15, 0.2) is 42.2 Å². The van der Waals surface area contributed by atoms with Gasteiger partial charge in [-0.2, -0.15) is 0 Å². The summed E-state index contributed by atoms with van der Waals surface area (Å²) in [6.45, 7) is 7.97. The largest absolute Gasteiger partial charge is 0.511 e. The Morgan fingerprint density at radius 1 is 1.00 bits per heavy atom. The number of carbonyl (C=O) groups excluding carboxylic acids is 1. The first-order valence-electron chi connectivity index (χ1n) is 8.55. The zero-order valence-corrected chi connectivity index (χ0v) is 15.9. The van der Waals surface area contributed by atoms with Crippen molar-refractivity contribution in [1.29, 1.82) is 0 Å². The first-order chi connectivity index (χ1) is 11.7. The van der Waals surface area contributed by atoms with Crippen LogP contribution in [0.25, 0.3) is 16.7 Å². The highest BCUT2D eigenvalue weighted by Gasteiger charge is 2.36. The molecule has 0 aliphatic heterocycles. The van der Waals surface area contributed by atoms with Crippen LogP contribution in [0.3, 0.4) is 0 Å². The maximum absolute atomic E-state index is 12.6. The van der Waals surface area contributed by atoms with Crippen molar-refractivity contribution >= 4 is 23.0 Å². The molecule has 1 aliphatic carbocycles. The highest BCUT2D eigenvalue weighted by Crippen LogP contribution is 2.42. The number of carbonyl (C=O) groups is 1. The molecule has 3 rings (SSSR count). The Hall–Kier alpha value is -2.06. The summed E-state index contributed by atoms with van der Waals surface area (Å²) in [5.74, 6) is 0.247. The molecule has 0 radical (unpaired) electrons. The molecule has 2 nitrogen and oxygen atoms in total.